The molecule has 0 fully saturated rings. The summed E-state index contributed by atoms with van der Waals surface area (Å²) in [6.45, 7) is 7.36. The van der Waals surface area contributed by atoms with E-state index in [0.717, 1.165) is 6.92 Å². The molecule has 0 bridgehead atoms. The van der Waals surface area contributed by atoms with Crippen LogP contribution in [0.5, 0.6) is 5.75 Å². The van der Waals surface area contributed by atoms with Gasteiger partial charge in [-0.3, -0.25) is 14.4 Å². The Hall–Kier alpha value is -2.96. The van der Waals surface area contributed by atoms with Gasteiger partial charge in [-0.15, -0.1) is 6.58 Å². The van der Waals surface area contributed by atoms with E-state index in [1.807, 2.05) is 0 Å². The van der Waals surface area contributed by atoms with Crippen molar-refractivity contribution in [2.45, 2.75) is 33.6 Å². The van der Waals surface area contributed by atoms with Crippen LogP contribution >= 0.6 is 0 Å². The summed E-state index contributed by atoms with van der Waals surface area (Å²) in [5.74, 6) is -3.39. The molecule has 0 aliphatic heterocycles. The van der Waals surface area contributed by atoms with E-state index in [4.69, 9.17) is 4.74 Å². The van der Waals surface area contributed by atoms with Crippen molar-refractivity contribution in [3.8, 4) is 5.75 Å². The fourth-order valence-corrected chi connectivity index (χ4v) is 2.33. The molecule has 0 aliphatic carbocycles. The van der Waals surface area contributed by atoms with E-state index < -0.39 is 30.3 Å². The molecule has 0 saturated heterocycles. The number of carbonyl (C=O) groups excluding carboxylic acids is 3. The van der Waals surface area contributed by atoms with Crippen molar-refractivity contribution in [2.75, 3.05) is 0 Å². The lowest BCUT2D eigenvalue weighted by molar-refractivity contribution is -0.157. The number of allylic oxidation sites excluding steroid dienone is 1. The predicted octanol–water partition coefficient (Wildman–Crippen LogP) is 1.98. The van der Waals surface area contributed by atoms with Crippen molar-refractivity contribution in [2.24, 2.45) is 0 Å². The van der Waals surface area contributed by atoms with Crippen molar-refractivity contribution in [3.63, 3.8) is 0 Å². The van der Waals surface area contributed by atoms with Crippen molar-refractivity contribution >= 4 is 23.9 Å². The van der Waals surface area contributed by atoms with Crippen LogP contribution in [0.2, 0.25) is 0 Å². The molecule has 24 heavy (non-hydrogen) atoms. The van der Waals surface area contributed by atoms with Crippen molar-refractivity contribution in [1.29, 1.82) is 0 Å². The molecule has 0 spiro atoms. The van der Waals surface area contributed by atoms with Crippen LogP contribution in [0.3, 0.4) is 0 Å². The first-order valence-electron chi connectivity index (χ1n) is 7.06. The molecule has 0 saturated carbocycles. The summed E-state index contributed by atoms with van der Waals surface area (Å²) in [5.41, 5.74) is 0.717. The minimum Gasteiger partial charge on any atom is -0.478 e. The molecule has 0 aliphatic rings. The predicted molar refractivity (Wildman–Crippen MR) is 83.8 cm³/mol. The summed E-state index contributed by atoms with van der Waals surface area (Å²) in [6.07, 6.45) is 1.46. The first kappa shape index (κ1) is 19.1. The molecule has 1 aromatic rings. The minimum atomic E-state index is -1.28. The number of benzene rings is 1. The van der Waals surface area contributed by atoms with E-state index in [9.17, 15) is 24.3 Å². The second-order valence-corrected chi connectivity index (χ2v) is 5.06. The van der Waals surface area contributed by atoms with Crippen molar-refractivity contribution in [1.82, 2.24) is 0 Å². The third kappa shape index (κ3) is 4.77. The highest BCUT2D eigenvalue weighted by Gasteiger charge is 2.23. The third-order valence-electron chi connectivity index (χ3n) is 3.09. The normalized spacial score (nSPS) is 9.96. The van der Waals surface area contributed by atoms with Crippen LogP contribution in [0.4, 0.5) is 0 Å². The maximum absolute atomic E-state index is 11.7. The molecular weight excluding hydrogens is 316 g/mol. The zero-order chi connectivity index (χ0) is 18.4. The lowest BCUT2D eigenvalue weighted by Crippen LogP contribution is -2.17. The molecular formula is C17H18O7. The van der Waals surface area contributed by atoms with E-state index in [-0.39, 0.29) is 22.4 Å². The second kappa shape index (κ2) is 8.05. The summed E-state index contributed by atoms with van der Waals surface area (Å²) in [5, 5.41) is 9.44. The molecule has 128 valence electrons. The molecule has 7 heteroatoms. The second-order valence-electron chi connectivity index (χ2n) is 5.06. The van der Waals surface area contributed by atoms with Gasteiger partial charge >= 0.3 is 23.9 Å². The SMILES string of the molecule is C=CCc1cc(CC(=O)OC(C)=O)c(C(=O)O)c(C)c1OC(C)=O. The van der Waals surface area contributed by atoms with Gasteiger partial charge in [-0.05, 0) is 24.5 Å². The number of hydrogen-bond donors (Lipinski definition) is 1. The van der Waals surface area contributed by atoms with E-state index in [1.54, 1.807) is 6.08 Å². The lowest BCUT2D eigenvalue weighted by Gasteiger charge is -2.16. The van der Waals surface area contributed by atoms with Crippen LogP contribution in [0.25, 0.3) is 0 Å². The van der Waals surface area contributed by atoms with Gasteiger partial charge in [0.25, 0.3) is 0 Å². The van der Waals surface area contributed by atoms with E-state index in [2.05, 4.69) is 11.3 Å². The van der Waals surface area contributed by atoms with Crippen LogP contribution < -0.4 is 4.74 Å². The number of carbonyl (C=O) groups is 4. The Balaban J connectivity index is 3.48. The van der Waals surface area contributed by atoms with Crippen LogP contribution in [-0.2, 0) is 32.0 Å². The van der Waals surface area contributed by atoms with Gasteiger partial charge in [0.15, 0.2) is 0 Å². The largest absolute Gasteiger partial charge is 0.478 e. The lowest BCUT2D eigenvalue weighted by atomic mass is 9.93. The third-order valence-corrected chi connectivity index (χ3v) is 3.09. The van der Waals surface area contributed by atoms with Gasteiger partial charge in [0.1, 0.15) is 5.75 Å². The molecule has 1 N–H and O–H groups in total. The van der Waals surface area contributed by atoms with Crippen LogP contribution in [0.15, 0.2) is 18.7 Å². The average molecular weight is 334 g/mol. The van der Waals surface area contributed by atoms with Gasteiger partial charge in [0.2, 0.25) is 0 Å². The van der Waals surface area contributed by atoms with Gasteiger partial charge in [-0.1, -0.05) is 12.1 Å². The van der Waals surface area contributed by atoms with Gasteiger partial charge < -0.3 is 14.6 Å². The van der Waals surface area contributed by atoms with E-state index in [0.29, 0.717) is 12.0 Å². The molecule has 0 radical (unpaired) electrons. The van der Waals surface area contributed by atoms with Crippen LogP contribution in [0, 0.1) is 6.92 Å². The smallest absolute Gasteiger partial charge is 0.336 e. The van der Waals surface area contributed by atoms with E-state index in [1.165, 1.54) is 19.9 Å². The molecule has 0 unspecified atom stereocenters. The average Bonchev–Trinajstić information content (AvgIpc) is 2.41. The molecule has 0 amide bonds. The first-order valence-corrected chi connectivity index (χ1v) is 7.06. The van der Waals surface area contributed by atoms with Crippen LogP contribution in [0.1, 0.15) is 40.9 Å². The first-order chi connectivity index (χ1) is 11.2. The highest BCUT2D eigenvalue weighted by molar-refractivity contribution is 5.95. The number of hydrogen-bond acceptors (Lipinski definition) is 6. The van der Waals surface area contributed by atoms with Crippen molar-refractivity contribution < 1.29 is 33.8 Å². The summed E-state index contributed by atoms with van der Waals surface area (Å²) in [7, 11) is 0. The molecule has 0 aromatic heterocycles. The number of ether oxygens (including phenoxy) is 2. The molecule has 0 heterocycles. The maximum atomic E-state index is 11.7. The van der Waals surface area contributed by atoms with Crippen molar-refractivity contribution in [3.05, 3.63) is 41.0 Å². The standard InChI is InChI=1S/C17H18O7/c1-5-6-12-7-13(8-14(20)23-10(3)18)15(17(21)22)9(2)16(12)24-11(4)19/h5,7H,1,6,8H2,2-4H3,(H,21,22). The van der Waals surface area contributed by atoms with Gasteiger partial charge in [0.05, 0.1) is 12.0 Å². The summed E-state index contributed by atoms with van der Waals surface area (Å²) in [6, 6.07) is 1.44. The number of carboxylic acid groups (broad SMARTS) is 1. The molecule has 1 rings (SSSR count). The Morgan fingerprint density at radius 1 is 1.17 bits per heavy atom. The highest BCUT2D eigenvalue weighted by atomic mass is 16.6. The maximum Gasteiger partial charge on any atom is 0.336 e. The zero-order valence-electron chi connectivity index (χ0n) is 13.7. The number of rotatable bonds is 6. The summed E-state index contributed by atoms with van der Waals surface area (Å²) >= 11 is 0. The quantitative estimate of drug-likeness (QED) is 0.367. The Kier molecular flexibility index (Phi) is 6.40. The molecule has 1 aromatic carbocycles. The fourth-order valence-electron chi connectivity index (χ4n) is 2.33. The number of esters is 3. The zero-order valence-corrected chi connectivity index (χ0v) is 13.7. The fraction of sp³-hybridized carbons (Fsp3) is 0.294. The Morgan fingerprint density at radius 2 is 1.79 bits per heavy atom. The summed E-state index contributed by atoms with van der Waals surface area (Å²) < 4.78 is 9.57. The molecule has 0 atom stereocenters. The Morgan fingerprint density at radius 3 is 2.25 bits per heavy atom. The van der Waals surface area contributed by atoms with Crippen LogP contribution in [-0.4, -0.2) is 29.0 Å². The minimum absolute atomic E-state index is 0.128. The highest BCUT2D eigenvalue weighted by Crippen LogP contribution is 2.31. The molecule has 7 nitrogen and oxygen atoms in total. The monoisotopic (exact) mass is 334 g/mol. The topological polar surface area (TPSA) is 107 Å². The number of aromatic carboxylic acids is 1. The number of carboxylic acids is 1. The van der Waals surface area contributed by atoms with Gasteiger partial charge in [0, 0.05) is 19.4 Å². The Bertz CT molecular complexity index is 716. The van der Waals surface area contributed by atoms with Gasteiger partial charge in [-0.25, -0.2) is 4.79 Å². The Labute approximate surface area is 138 Å². The van der Waals surface area contributed by atoms with E-state index >= 15 is 0 Å². The summed E-state index contributed by atoms with van der Waals surface area (Å²) in [4.78, 5) is 45.4. The van der Waals surface area contributed by atoms with Gasteiger partial charge in [-0.2, -0.15) is 0 Å².